The van der Waals surface area contributed by atoms with Gasteiger partial charge in [-0.1, -0.05) is 26.8 Å². The molecule has 0 saturated carbocycles. The summed E-state index contributed by atoms with van der Waals surface area (Å²) in [6, 6.07) is 0. The molecule has 0 spiro atoms. The lowest BCUT2D eigenvalue weighted by Gasteiger charge is -2.37. The predicted molar refractivity (Wildman–Crippen MR) is 69.4 cm³/mol. The lowest BCUT2D eigenvalue weighted by atomic mass is 10.2. The van der Waals surface area contributed by atoms with Crippen LogP contribution in [-0.4, -0.2) is 8.32 Å². The van der Waals surface area contributed by atoms with E-state index in [2.05, 4.69) is 53.8 Å². The van der Waals surface area contributed by atoms with Crippen LogP contribution in [0.3, 0.4) is 0 Å². The molecule has 0 fully saturated rings. The summed E-state index contributed by atoms with van der Waals surface area (Å²) < 4.78 is 6.31. The van der Waals surface area contributed by atoms with Gasteiger partial charge in [-0.2, -0.15) is 0 Å². The second-order valence-electron chi connectivity index (χ2n) is 6.00. The minimum atomic E-state index is -1.63. The van der Waals surface area contributed by atoms with Crippen LogP contribution in [0.15, 0.2) is 23.0 Å². The molecule has 15 heavy (non-hydrogen) atoms. The van der Waals surface area contributed by atoms with Gasteiger partial charge in [-0.05, 0) is 43.1 Å². The third kappa shape index (κ3) is 2.54. The molecule has 86 valence electrons. The molecule has 0 aromatic heterocycles. The summed E-state index contributed by atoms with van der Waals surface area (Å²) in [5, 5.41) is 0.288. The maximum Gasteiger partial charge on any atom is 0.250 e. The van der Waals surface area contributed by atoms with E-state index in [0.717, 1.165) is 6.42 Å². The van der Waals surface area contributed by atoms with Gasteiger partial charge in [0.25, 0.3) is 0 Å². The van der Waals surface area contributed by atoms with Gasteiger partial charge in [-0.25, -0.2) is 0 Å². The number of hydrogen-bond acceptors (Lipinski definition) is 1. The molecule has 0 amide bonds. The monoisotopic (exact) mass is 224 g/mol. The summed E-state index contributed by atoms with van der Waals surface area (Å²) in [6.45, 7) is 15.8. The molecule has 1 nitrogen and oxygen atoms in total. The molecular weight excluding hydrogens is 200 g/mol. The third-order valence-corrected chi connectivity index (χ3v) is 8.16. The molecule has 0 aliphatic heterocycles. The standard InChI is InChI=1S/C13H24OSi/c1-10-8-9-12(11(10)2)14-15(6,7)13(3,4)5/h8H,9H2,1-7H3. The Kier molecular flexibility index (Phi) is 3.20. The van der Waals surface area contributed by atoms with Gasteiger partial charge in [0.1, 0.15) is 0 Å². The first kappa shape index (κ1) is 12.6. The zero-order valence-electron chi connectivity index (χ0n) is 11.2. The van der Waals surface area contributed by atoms with Crippen molar-refractivity contribution >= 4 is 8.32 Å². The van der Waals surface area contributed by atoms with Crippen molar-refractivity contribution in [1.82, 2.24) is 0 Å². The van der Waals surface area contributed by atoms with Crippen molar-refractivity contribution in [2.24, 2.45) is 0 Å². The molecule has 0 saturated heterocycles. The van der Waals surface area contributed by atoms with Crippen LogP contribution >= 0.6 is 0 Å². The highest BCUT2D eigenvalue weighted by Crippen LogP contribution is 2.40. The molecule has 2 heteroatoms. The minimum Gasteiger partial charge on any atom is -0.546 e. The molecule has 0 heterocycles. The molecule has 0 radical (unpaired) electrons. The molecule has 0 bridgehead atoms. The van der Waals surface area contributed by atoms with Gasteiger partial charge in [0.15, 0.2) is 0 Å². The first-order valence-corrected chi connectivity index (χ1v) is 8.62. The third-order valence-electron chi connectivity index (χ3n) is 3.79. The van der Waals surface area contributed by atoms with E-state index in [4.69, 9.17) is 4.43 Å². The van der Waals surface area contributed by atoms with Crippen LogP contribution in [-0.2, 0) is 4.43 Å². The molecule has 0 aromatic rings. The molecule has 1 aliphatic carbocycles. The van der Waals surface area contributed by atoms with Crippen LogP contribution in [0.25, 0.3) is 0 Å². The lowest BCUT2D eigenvalue weighted by molar-refractivity contribution is 0.375. The zero-order valence-corrected chi connectivity index (χ0v) is 12.2. The Morgan fingerprint density at radius 1 is 1.20 bits per heavy atom. The Hall–Kier alpha value is -0.503. The topological polar surface area (TPSA) is 9.23 Å². The second kappa shape index (κ2) is 3.82. The van der Waals surface area contributed by atoms with Gasteiger partial charge in [-0.3, -0.25) is 0 Å². The summed E-state index contributed by atoms with van der Waals surface area (Å²) in [4.78, 5) is 0. The average molecular weight is 224 g/mol. The zero-order chi connectivity index (χ0) is 11.9. The normalized spacial score (nSPS) is 18.2. The highest BCUT2D eigenvalue weighted by molar-refractivity contribution is 6.74. The number of allylic oxidation sites excluding steroid dienone is 3. The van der Waals surface area contributed by atoms with Crippen molar-refractivity contribution in [3.05, 3.63) is 23.0 Å². The Balaban J connectivity index is 2.81. The van der Waals surface area contributed by atoms with Crippen molar-refractivity contribution in [3.63, 3.8) is 0 Å². The first-order chi connectivity index (χ1) is 6.65. The quantitative estimate of drug-likeness (QED) is 0.621. The Morgan fingerprint density at radius 2 is 1.73 bits per heavy atom. The number of rotatable bonds is 2. The van der Waals surface area contributed by atoms with Crippen LogP contribution in [0.1, 0.15) is 41.0 Å². The van der Waals surface area contributed by atoms with Crippen molar-refractivity contribution in [2.75, 3.05) is 0 Å². The lowest BCUT2D eigenvalue weighted by Crippen LogP contribution is -2.40. The minimum absolute atomic E-state index is 0.288. The molecule has 1 aliphatic rings. The van der Waals surface area contributed by atoms with E-state index < -0.39 is 8.32 Å². The van der Waals surface area contributed by atoms with E-state index in [0.29, 0.717) is 0 Å². The van der Waals surface area contributed by atoms with Crippen LogP contribution < -0.4 is 0 Å². The van der Waals surface area contributed by atoms with E-state index in [-0.39, 0.29) is 5.04 Å². The fourth-order valence-electron chi connectivity index (χ4n) is 1.35. The van der Waals surface area contributed by atoms with E-state index in [1.165, 1.54) is 16.9 Å². The fraction of sp³-hybridized carbons (Fsp3) is 0.692. The van der Waals surface area contributed by atoms with Crippen molar-refractivity contribution in [1.29, 1.82) is 0 Å². The maximum atomic E-state index is 6.31. The Labute approximate surface area is 95.4 Å². The molecular formula is C13H24OSi. The van der Waals surface area contributed by atoms with Crippen molar-refractivity contribution < 1.29 is 4.43 Å². The smallest absolute Gasteiger partial charge is 0.250 e. The van der Waals surface area contributed by atoms with E-state index in [1.54, 1.807) is 0 Å². The van der Waals surface area contributed by atoms with Gasteiger partial charge in [0.05, 0.1) is 5.76 Å². The summed E-state index contributed by atoms with van der Waals surface area (Å²) >= 11 is 0. The van der Waals surface area contributed by atoms with Crippen molar-refractivity contribution in [3.8, 4) is 0 Å². The molecule has 0 atom stereocenters. The van der Waals surface area contributed by atoms with Gasteiger partial charge in [0, 0.05) is 6.42 Å². The molecule has 0 unspecified atom stereocenters. The first-order valence-electron chi connectivity index (χ1n) is 5.71. The number of hydrogen-bond donors (Lipinski definition) is 0. The summed E-state index contributed by atoms with van der Waals surface area (Å²) in [7, 11) is -1.63. The molecule has 1 rings (SSSR count). The average Bonchev–Trinajstić information content (AvgIpc) is 2.33. The fourth-order valence-corrected chi connectivity index (χ4v) is 2.51. The highest BCUT2D eigenvalue weighted by Gasteiger charge is 2.39. The second-order valence-corrected chi connectivity index (χ2v) is 10.7. The highest BCUT2D eigenvalue weighted by atomic mass is 28.4. The summed E-state index contributed by atoms with van der Waals surface area (Å²) in [6.07, 6.45) is 3.25. The maximum absolute atomic E-state index is 6.31. The predicted octanol–water partition coefficient (Wildman–Crippen LogP) is 4.63. The van der Waals surface area contributed by atoms with Crippen LogP contribution in [0.4, 0.5) is 0 Å². The summed E-state index contributed by atoms with van der Waals surface area (Å²) in [5.74, 6) is 1.21. The molecule has 0 N–H and O–H groups in total. The largest absolute Gasteiger partial charge is 0.546 e. The van der Waals surface area contributed by atoms with E-state index >= 15 is 0 Å². The van der Waals surface area contributed by atoms with Crippen LogP contribution in [0.5, 0.6) is 0 Å². The van der Waals surface area contributed by atoms with Gasteiger partial charge in [0.2, 0.25) is 8.32 Å². The Bertz CT molecular complexity index is 316. The molecule has 0 aromatic carbocycles. The van der Waals surface area contributed by atoms with Crippen LogP contribution in [0.2, 0.25) is 18.1 Å². The van der Waals surface area contributed by atoms with E-state index in [1.807, 2.05) is 0 Å². The van der Waals surface area contributed by atoms with Crippen LogP contribution in [0, 0.1) is 0 Å². The van der Waals surface area contributed by atoms with E-state index in [9.17, 15) is 0 Å². The Morgan fingerprint density at radius 3 is 2.07 bits per heavy atom. The van der Waals surface area contributed by atoms with Gasteiger partial charge in [-0.15, -0.1) is 0 Å². The van der Waals surface area contributed by atoms with Crippen molar-refractivity contribution in [2.45, 2.75) is 59.2 Å². The van der Waals surface area contributed by atoms with Gasteiger partial charge >= 0.3 is 0 Å². The summed E-state index contributed by atoms with van der Waals surface area (Å²) in [5.41, 5.74) is 2.73. The van der Waals surface area contributed by atoms with Gasteiger partial charge < -0.3 is 4.43 Å². The SMILES string of the molecule is CC1=CCC(O[Si](C)(C)C(C)(C)C)=C1C.